The average Bonchev–Trinajstić information content (AvgIpc) is 2.36. The summed E-state index contributed by atoms with van der Waals surface area (Å²) in [5.74, 6) is 0.398. The van der Waals surface area contributed by atoms with Crippen molar-refractivity contribution in [2.45, 2.75) is 13.0 Å². The van der Waals surface area contributed by atoms with Crippen molar-refractivity contribution in [2.24, 2.45) is 0 Å². The van der Waals surface area contributed by atoms with Crippen LogP contribution in [0.5, 0.6) is 11.5 Å². The molecule has 0 saturated carbocycles. The minimum absolute atomic E-state index is 0.361. The SMILES string of the molecule is C[C@H](O)c1cc(F)ccc1Oc1ccc(Cl)c(Cl)c1. The Morgan fingerprint density at radius 1 is 1.11 bits per heavy atom. The molecule has 0 amide bonds. The molecule has 2 aromatic rings. The van der Waals surface area contributed by atoms with Crippen molar-refractivity contribution in [2.75, 3.05) is 0 Å². The highest BCUT2D eigenvalue weighted by atomic mass is 35.5. The number of hydrogen-bond acceptors (Lipinski definition) is 2. The monoisotopic (exact) mass is 300 g/mol. The molecule has 0 aliphatic rings. The number of rotatable bonds is 3. The van der Waals surface area contributed by atoms with Gasteiger partial charge in [-0.3, -0.25) is 0 Å². The zero-order chi connectivity index (χ0) is 14.0. The number of hydrogen-bond donors (Lipinski definition) is 1. The van der Waals surface area contributed by atoms with Gasteiger partial charge in [0.25, 0.3) is 0 Å². The molecule has 1 N–H and O–H groups in total. The van der Waals surface area contributed by atoms with E-state index in [0.717, 1.165) is 0 Å². The van der Waals surface area contributed by atoms with Gasteiger partial charge in [-0.15, -0.1) is 0 Å². The summed E-state index contributed by atoms with van der Waals surface area (Å²) < 4.78 is 18.7. The van der Waals surface area contributed by atoms with E-state index >= 15 is 0 Å². The Bertz CT molecular complexity index is 600. The Labute approximate surface area is 120 Å². The minimum atomic E-state index is -0.839. The van der Waals surface area contributed by atoms with Gasteiger partial charge in [0.15, 0.2) is 0 Å². The van der Waals surface area contributed by atoms with Crippen LogP contribution in [0.25, 0.3) is 0 Å². The summed E-state index contributed by atoms with van der Waals surface area (Å²) in [6.45, 7) is 1.54. The molecule has 0 heterocycles. The van der Waals surface area contributed by atoms with Gasteiger partial charge in [-0.05, 0) is 37.3 Å². The van der Waals surface area contributed by atoms with Crippen LogP contribution in [0, 0.1) is 5.82 Å². The minimum Gasteiger partial charge on any atom is -0.457 e. The van der Waals surface area contributed by atoms with E-state index in [0.29, 0.717) is 27.1 Å². The molecule has 0 aromatic heterocycles. The lowest BCUT2D eigenvalue weighted by atomic mass is 10.1. The standard InChI is InChI=1S/C14H11Cl2FO2/c1-8(18)11-6-9(17)2-5-14(11)19-10-3-4-12(15)13(16)7-10/h2-8,18H,1H3/t8-/m0/s1. The fourth-order valence-corrected chi connectivity index (χ4v) is 1.89. The zero-order valence-corrected chi connectivity index (χ0v) is 11.5. The molecule has 0 spiro atoms. The maximum absolute atomic E-state index is 13.2. The molecule has 19 heavy (non-hydrogen) atoms. The molecule has 2 aromatic carbocycles. The van der Waals surface area contributed by atoms with Gasteiger partial charge in [-0.25, -0.2) is 4.39 Å². The van der Waals surface area contributed by atoms with Crippen LogP contribution in [0.2, 0.25) is 10.0 Å². The van der Waals surface area contributed by atoms with Gasteiger partial charge < -0.3 is 9.84 Å². The molecule has 0 aliphatic carbocycles. The normalized spacial score (nSPS) is 12.3. The van der Waals surface area contributed by atoms with Crippen molar-refractivity contribution in [3.05, 3.63) is 57.8 Å². The van der Waals surface area contributed by atoms with E-state index in [1.807, 2.05) is 0 Å². The van der Waals surface area contributed by atoms with E-state index in [1.165, 1.54) is 25.1 Å². The van der Waals surface area contributed by atoms with Crippen LogP contribution in [-0.4, -0.2) is 5.11 Å². The van der Waals surface area contributed by atoms with Crippen molar-refractivity contribution in [1.29, 1.82) is 0 Å². The summed E-state index contributed by atoms with van der Waals surface area (Å²) in [5, 5.41) is 10.4. The second-order valence-corrected chi connectivity index (χ2v) is 4.85. The predicted octanol–water partition coefficient (Wildman–Crippen LogP) is 4.98. The van der Waals surface area contributed by atoms with Crippen LogP contribution in [0.3, 0.4) is 0 Å². The van der Waals surface area contributed by atoms with Crippen molar-refractivity contribution in [1.82, 2.24) is 0 Å². The molecule has 5 heteroatoms. The van der Waals surface area contributed by atoms with Gasteiger partial charge in [0.1, 0.15) is 17.3 Å². The van der Waals surface area contributed by atoms with Gasteiger partial charge in [-0.2, -0.15) is 0 Å². The number of benzene rings is 2. The molecule has 0 bridgehead atoms. The number of aliphatic hydroxyl groups excluding tert-OH is 1. The van der Waals surface area contributed by atoms with Gasteiger partial charge >= 0.3 is 0 Å². The zero-order valence-electron chi connectivity index (χ0n) is 10.0. The lowest BCUT2D eigenvalue weighted by molar-refractivity contribution is 0.195. The molecule has 0 saturated heterocycles. The van der Waals surface area contributed by atoms with Crippen LogP contribution in [0.15, 0.2) is 36.4 Å². The summed E-state index contributed by atoms with van der Waals surface area (Å²) in [7, 11) is 0. The third-order valence-corrected chi connectivity index (χ3v) is 3.28. The molecule has 2 nitrogen and oxygen atoms in total. The molecule has 0 radical (unpaired) electrons. The van der Waals surface area contributed by atoms with E-state index in [9.17, 15) is 9.50 Å². The van der Waals surface area contributed by atoms with Crippen molar-refractivity contribution >= 4 is 23.2 Å². The van der Waals surface area contributed by atoms with E-state index in [4.69, 9.17) is 27.9 Å². The molecule has 100 valence electrons. The smallest absolute Gasteiger partial charge is 0.133 e. The Morgan fingerprint density at radius 2 is 1.84 bits per heavy atom. The second kappa shape index (κ2) is 5.78. The fourth-order valence-electron chi connectivity index (χ4n) is 1.61. The highest BCUT2D eigenvalue weighted by Gasteiger charge is 2.12. The third-order valence-electron chi connectivity index (χ3n) is 2.54. The van der Waals surface area contributed by atoms with Crippen LogP contribution in [0.4, 0.5) is 4.39 Å². The van der Waals surface area contributed by atoms with Crippen LogP contribution in [0.1, 0.15) is 18.6 Å². The average molecular weight is 301 g/mol. The summed E-state index contributed by atoms with van der Waals surface area (Å²) in [4.78, 5) is 0. The van der Waals surface area contributed by atoms with Gasteiger partial charge in [-0.1, -0.05) is 23.2 Å². The predicted molar refractivity (Wildman–Crippen MR) is 73.6 cm³/mol. The Balaban J connectivity index is 2.35. The van der Waals surface area contributed by atoms with Crippen LogP contribution in [-0.2, 0) is 0 Å². The number of aliphatic hydroxyl groups is 1. The summed E-state index contributed by atoms with van der Waals surface area (Å²) in [5.41, 5.74) is 0.367. The first-order valence-electron chi connectivity index (χ1n) is 5.58. The maximum Gasteiger partial charge on any atom is 0.133 e. The highest BCUT2D eigenvalue weighted by molar-refractivity contribution is 6.42. The van der Waals surface area contributed by atoms with Crippen molar-refractivity contribution in [3.63, 3.8) is 0 Å². The molecule has 1 atom stereocenters. The Morgan fingerprint density at radius 3 is 2.47 bits per heavy atom. The number of halogens is 3. The number of ether oxygens (including phenoxy) is 1. The molecule has 0 aliphatic heterocycles. The molecule has 0 fully saturated rings. The molecular formula is C14H11Cl2FO2. The second-order valence-electron chi connectivity index (χ2n) is 4.04. The van der Waals surface area contributed by atoms with Crippen LogP contribution < -0.4 is 4.74 Å². The summed E-state index contributed by atoms with van der Waals surface area (Å²) in [6.07, 6.45) is -0.839. The third kappa shape index (κ3) is 3.38. The lowest BCUT2D eigenvalue weighted by Gasteiger charge is -2.13. The van der Waals surface area contributed by atoms with E-state index < -0.39 is 11.9 Å². The Hall–Kier alpha value is -1.29. The summed E-state index contributed by atoms with van der Waals surface area (Å²) in [6, 6.07) is 8.75. The van der Waals surface area contributed by atoms with Gasteiger partial charge in [0, 0.05) is 11.6 Å². The molecular weight excluding hydrogens is 290 g/mol. The Kier molecular flexibility index (Phi) is 4.30. The van der Waals surface area contributed by atoms with Crippen molar-refractivity contribution < 1.29 is 14.2 Å². The van der Waals surface area contributed by atoms with Crippen molar-refractivity contribution in [3.8, 4) is 11.5 Å². The quantitative estimate of drug-likeness (QED) is 0.866. The largest absolute Gasteiger partial charge is 0.457 e. The van der Waals surface area contributed by atoms with E-state index in [-0.39, 0.29) is 0 Å². The van der Waals surface area contributed by atoms with Crippen LogP contribution >= 0.6 is 23.2 Å². The first-order valence-corrected chi connectivity index (χ1v) is 6.33. The van der Waals surface area contributed by atoms with E-state index in [2.05, 4.69) is 0 Å². The van der Waals surface area contributed by atoms with Gasteiger partial charge in [0.05, 0.1) is 16.1 Å². The van der Waals surface area contributed by atoms with Gasteiger partial charge in [0.2, 0.25) is 0 Å². The van der Waals surface area contributed by atoms with E-state index in [1.54, 1.807) is 18.2 Å². The molecule has 0 unspecified atom stereocenters. The molecule has 2 rings (SSSR count). The maximum atomic E-state index is 13.2. The summed E-state index contributed by atoms with van der Waals surface area (Å²) >= 11 is 11.7. The lowest BCUT2D eigenvalue weighted by Crippen LogP contribution is -1.97. The first kappa shape index (κ1) is 14.1. The highest BCUT2D eigenvalue weighted by Crippen LogP contribution is 2.33. The topological polar surface area (TPSA) is 29.5 Å². The fraction of sp³-hybridized carbons (Fsp3) is 0.143. The first-order chi connectivity index (χ1) is 8.97.